The van der Waals surface area contributed by atoms with Crippen LogP contribution in [0.1, 0.15) is 72.6 Å². The largest absolute Gasteiger partial charge is 0.389 e. The van der Waals surface area contributed by atoms with Gasteiger partial charge in [-0.05, 0) is 37.5 Å². The highest BCUT2D eigenvalue weighted by molar-refractivity contribution is 4.93. The predicted octanol–water partition coefficient (Wildman–Crippen LogP) is 5.17. The van der Waals surface area contributed by atoms with Crippen molar-refractivity contribution in [2.75, 3.05) is 33.0 Å². The maximum atomic E-state index is 5.60. The zero-order chi connectivity index (χ0) is 17.3. The van der Waals surface area contributed by atoms with Crippen LogP contribution in [0.3, 0.4) is 0 Å². The van der Waals surface area contributed by atoms with Gasteiger partial charge in [0.05, 0.1) is 13.2 Å². The Balaban J connectivity index is 3.07. The van der Waals surface area contributed by atoms with E-state index in [0.29, 0.717) is 5.92 Å². The molecule has 1 N–H and O–H groups in total. The van der Waals surface area contributed by atoms with Gasteiger partial charge in [-0.3, -0.25) is 0 Å². The number of unbranched alkanes of at least 4 members (excludes halogenated alkanes) is 4. The number of rotatable bonds is 17. The molecule has 0 aromatic carbocycles. The SMILES string of the molecule is C=C(NCCCCCOCCOCCCCCC(C)C)C(C)C. The van der Waals surface area contributed by atoms with Crippen molar-refractivity contribution in [2.45, 2.75) is 72.6 Å². The number of hydrogen-bond acceptors (Lipinski definition) is 3. The number of hydrogen-bond donors (Lipinski definition) is 1. The van der Waals surface area contributed by atoms with Crippen LogP contribution < -0.4 is 5.32 Å². The summed E-state index contributed by atoms with van der Waals surface area (Å²) in [5.41, 5.74) is 1.14. The van der Waals surface area contributed by atoms with Crippen molar-refractivity contribution < 1.29 is 9.47 Å². The van der Waals surface area contributed by atoms with Crippen molar-refractivity contribution in [3.8, 4) is 0 Å². The summed E-state index contributed by atoms with van der Waals surface area (Å²) in [7, 11) is 0. The second kappa shape index (κ2) is 16.3. The molecule has 23 heavy (non-hydrogen) atoms. The standard InChI is InChI=1S/C20H41NO2/c1-18(2)12-8-6-10-14-22-16-17-23-15-11-7-9-13-21-20(5)19(3)4/h18-19,21H,5-17H2,1-4H3. The van der Waals surface area contributed by atoms with Gasteiger partial charge in [0.15, 0.2) is 0 Å². The van der Waals surface area contributed by atoms with Gasteiger partial charge in [-0.25, -0.2) is 0 Å². The lowest BCUT2D eigenvalue weighted by atomic mass is 10.1. The molecule has 0 fully saturated rings. The van der Waals surface area contributed by atoms with Gasteiger partial charge in [0, 0.05) is 25.5 Å². The first-order valence-corrected chi connectivity index (χ1v) is 9.62. The lowest BCUT2D eigenvalue weighted by molar-refractivity contribution is 0.0448. The molecule has 0 aromatic rings. The minimum Gasteiger partial charge on any atom is -0.389 e. The molecule has 0 rings (SSSR count). The van der Waals surface area contributed by atoms with Gasteiger partial charge >= 0.3 is 0 Å². The van der Waals surface area contributed by atoms with Crippen molar-refractivity contribution in [1.82, 2.24) is 5.32 Å². The summed E-state index contributed by atoms with van der Waals surface area (Å²) in [6.45, 7) is 17.1. The maximum Gasteiger partial charge on any atom is 0.0700 e. The van der Waals surface area contributed by atoms with Crippen molar-refractivity contribution in [1.29, 1.82) is 0 Å². The summed E-state index contributed by atoms with van der Waals surface area (Å²) >= 11 is 0. The van der Waals surface area contributed by atoms with Crippen molar-refractivity contribution in [3.63, 3.8) is 0 Å². The van der Waals surface area contributed by atoms with E-state index in [4.69, 9.17) is 9.47 Å². The van der Waals surface area contributed by atoms with Crippen molar-refractivity contribution in [2.24, 2.45) is 11.8 Å². The summed E-state index contributed by atoms with van der Waals surface area (Å²) in [5.74, 6) is 1.35. The molecule has 0 aromatic heterocycles. The van der Waals surface area contributed by atoms with Crippen LogP contribution in [0.25, 0.3) is 0 Å². The molecule has 0 spiro atoms. The Labute approximate surface area is 145 Å². The van der Waals surface area contributed by atoms with Gasteiger partial charge in [0.1, 0.15) is 0 Å². The third kappa shape index (κ3) is 17.6. The molecule has 0 saturated carbocycles. The third-order valence-electron chi connectivity index (χ3n) is 3.96. The number of ether oxygens (including phenoxy) is 2. The Morgan fingerprint density at radius 2 is 1.35 bits per heavy atom. The summed E-state index contributed by atoms with van der Waals surface area (Å²) < 4.78 is 11.2. The van der Waals surface area contributed by atoms with E-state index in [1.54, 1.807) is 0 Å². The van der Waals surface area contributed by atoms with Crippen LogP contribution in [0.5, 0.6) is 0 Å². The lowest BCUT2D eigenvalue weighted by Crippen LogP contribution is -2.17. The predicted molar refractivity (Wildman–Crippen MR) is 101 cm³/mol. The van der Waals surface area contributed by atoms with Crippen LogP contribution in [0, 0.1) is 11.8 Å². The fourth-order valence-corrected chi connectivity index (χ4v) is 2.21. The molecule has 0 atom stereocenters. The van der Waals surface area contributed by atoms with Crippen LogP contribution in [0.15, 0.2) is 12.3 Å². The lowest BCUT2D eigenvalue weighted by Gasteiger charge is -2.12. The van der Waals surface area contributed by atoms with Gasteiger partial charge in [-0.15, -0.1) is 0 Å². The monoisotopic (exact) mass is 327 g/mol. The summed E-state index contributed by atoms with van der Waals surface area (Å²) in [5, 5.41) is 3.37. The topological polar surface area (TPSA) is 30.5 Å². The Kier molecular flexibility index (Phi) is 15.9. The van der Waals surface area contributed by atoms with E-state index in [9.17, 15) is 0 Å². The van der Waals surface area contributed by atoms with E-state index < -0.39 is 0 Å². The van der Waals surface area contributed by atoms with Gasteiger partial charge < -0.3 is 14.8 Å². The van der Waals surface area contributed by atoms with Crippen LogP contribution in [-0.2, 0) is 9.47 Å². The van der Waals surface area contributed by atoms with Crippen LogP contribution >= 0.6 is 0 Å². The molecule has 3 nitrogen and oxygen atoms in total. The number of nitrogens with one attached hydrogen (secondary N) is 1. The first-order valence-electron chi connectivity index (χ1n) is 9.62. The van der Waals surface area contributed by atoms with E-state index in [-0.39, 0.29) is 0 Å². The average molecular weight is 328 g/mol. The minimum absolute atomic E-state index is 0.522. The summed E-state index contributed by atoms with van der Waals surface area (Å²) in [4.78, 5) is 0. The Morgan fingerprint density at radius 1 is 0.783 bits per heavy atom. The molecule has 0 aliphatic heterocycles. The summed E-state index contributed by atoms with van der Waals surface area (Å²) in [6, 6.07) is 0. The van der Waals surface area contributed by atoms with Gasteiger partial charge in [0.25, 0.3) is 0 Å². The first-order chi connectivity index (χ1) is 11.0. The fourth-order valence-electron chi connectivity index (χ4n) is 2.21. The number of allylic oxidation sites excluding steroid dienone is 1. The Bertz CT molecular complexity index is 264. The Morgan fingerprint density at radius 3 is 1.87 bits per heavy atom. The maximum absolute atomic E-state index is 5.60. The van der Waals surface area contributed by atoms with Gasteiger partial charge in [-0.2, -0.15) is 0 Å². The second-order valence-corrected chi connectivity index (χ2v) is 7.14. The molecule has 0 amide bonds. The zero-order valence-corrected chi connectivity index (χ0v) is 16.2. The molecule has 0 aliphatic carbocycles. The quantitative estimate of drug-likeness (QED) is 0.374. The van der Waals surface area contributed by atoms with E-state index in [2.05, 4.69) is 39.6 Å². The van der Waals surface area contributed by atoms with E-state index in [1.165, 1.54) is 38.5 Å². The Hall–Kier alpha value is -0.540. The second-order valence-electron chi connectivity index (χ2n) is 7.14. The highest BCUT2D eigenvalue weighted by Crippen LogP contribution is 2.07. The van der Waals surface area contributed by atoms with Crippen LogP contribution in [0.2, 0.25) is 0 Å². The smallest absolute Gasteiger partial charge is 0.0700 e. The normalized spacial score (nSPS) is 11.4. The highest BCUT2D eigenvalue weighted by atomic mass is 16.5. The molecular formula is C20H41NO2. The fraction of sp³-hybridized carbons (Fsp3) is 0.900. The third-order valence-corrected chi connectivity index (χ3v) is 3.96. The molecule has 0 radical (unpaired) electrons. The molecule has 0 saturated heterocycles. The molecule has 0 aliphatic rings. The molecule has 0 unspecified atom stereocenters. The molecule has 138 valence electrons. The van der Waals surface area contributed by atoms with Gasteiger partial charge in [0.2, 0.25) is 0 Å². The minimum atomic E-state index is 0.522. The molecular weight excluding hydrogens is 286 g/mol. The highest BCUT2D eigenvalue weighted by Gasteiger charge is 1.98. The average Bonchev–Trinajstić information content (AvgIpc) is 2.50. The van der Waals surface area contributed by atoms with E-state index in [1.807, 2.05) is 0 Å². The molecule has 0 heterocycles. The zero-order valence-electron chi connectivity index (χ0n) is 16.2. The van der Waals surface area contributed by atoms with Crippen molar-refractivity contribution >= 4 is 0 Å². The van der Waals surface area contributed by atoms with E-state index in [0.717, 1.165) is 51.0 Å². The van der Waals surface area contributed by atoms with Crippen LogP contribution in [0.4, 0.5) is 0 Å². The van der Waals surface area contributed by atoms with Gasteiger partial charge in [-0.1, -0.05) is 53.5 Å². The first kappa shape index (κ1) is 22.5. The molecule has 0 bridgehead atoms. The summed E-state index contributed by atoms with van der Waals surface area (Å²) in [6.07, 6.45) is 8.65. The van der Waals surface area contributed by atoms with Crippen molar-refractivity contribution in [3.05, 3.63) is 12.3 Å². The molecule has 3 heteroatoms. The van der Waals surface area contributed by atoms with E-state index >= 15 is 0 Å². The van der Waals surface area contributed by atoms with Crippen LogP contribution in [-0.4, -0.2) is 33.0 Å².